The summed E-state index contributed by atoms with van der Waals surface area (Å²) in [5.41, 5.74) is 9.42. The van der Waals surface area contributed by atoms with E-state index in [0.29, 0.717) is 0 Å². The fourth-order valence-corrected chi connectivity index (χ4v) is 4.06. The predicted octanol–water partition coefficient (Wildman–Crippen LogP) is 6.04. The van der Waals surface area contributed by atoms with Crippen LogP contribution in [-0.4, -0.2) is 9.97 Å². The van der Waals surface area contributed by atoms with Crippen molar-refractivity contribution in [3.63, 3.8) is 0 Å². The molecule has 2 heterocycles. The first kappa shape index (κ1) is 16.9. The van der Waals surface area contributed by atoms with Gasteiger partial charge < -0.3 is 0 Å². The topological polar surface area (TPSA) is 25.8 Å². The van der Waals surface area contributed by atoms with Gasteiger partial charge in [0.1, 0.15) is 0 Å². The maximum Gasteiger partial charge on any atom is 0.0747 e. The van der Waals surface area contributed by atoms with Crippen LogP contribution in [0.3, 0.4) is 0 Å². The number of hydrogen-bond acceptors (Lipinski definition) is 2. The van der Waals surface area contributed by atoms with Crippen LogP contribution in [0.15, 0.2) is 85.1 Å². The minimum absolute atomic E-state index is 0.157. The third kappa shape index (κ3) is 2.73. The van der Waals surface area contributed by atoms with E-state index in [9.17, 15) is 0 Å². The molecule has 0 N–H and O–H groups in total. The van der Waals surface area contributed by atoms with Crippen LogP contribution in [0.1, 0.15) is 36.2 Å². The second-order valence-corrected chi connectivity index (χ2v) is 7.96. The summed E-state index contributed by atoms with van der Waals surface area (Å²) < 4.78 is 0. The van der Waals surface area contributed by atoms with Crippen molar-refractivity contribution < 1.29 is 0 Å². The van der Waals surface area contributed by atoms with Crippen molar-refractivity contribution in [2.24, 2.45) is 0 Å². The second-order valence-electron chi connectivity index (χ2n) is 7.96. The first-order chi connectivity index (χ1) is 13.6. The molecule has 0 fully saturated rings. The third-order valence-electron chi connectivity index (χ3n) is 5.82. The van der Waals surface area contributed by atoms with E-state index in [-0.39, 0.29) is 5.41 Å². The molecule has 0 bridgehead atoms. The number of aromatic nitrogens is 2. The maximum atomic E-state index is 5.05. The van der Waals surface area contributed by atoms with E-state index in [2.05, 4.69) is 85.6 Å². The van der Waals surface area contributed by atoms with Gasteiger partial charge in [-0.05, 0) is 41.0 Å². The third-order valence-corrected chi connectivity index (χ3v) is 5.82. The highest BCUT2D eigenvalue weighted by Crippen LogP contribution is 2.40. The van der Waals surface area contributed by atoms with E-state index in [1.54, 1.807) is 0 Å². The van der Waals surface area contributed by atoms with Gasteiger partial charge >= 0.3 is 0 Å². The molecule has 0 spiro atoms. The molecule has 2 heteroatoms. The fraction of sp³-hybridized carbons (Fsp3) is 0.154. The standard InChI is InChI=1S/C26H22N2/c1-26(2,24-10-6-7-15-27-24)21-13-11-19-16-20-12-14-23(18-8-4-3-5-9-18)28-25(20)22(19)17-21/h3-15,17H,16H2,1-2H3. The Morgan fingerprint density at radius 3 is 2.36 bits per heavy atom. The van der Waals surface area contributed by atoms with Crippen molar-refractivity contribution >= 4 is 0 Å². The van der Waals surface area contributed by atoms with Crippen molar-refractivity contribution in [2.45, 2.75) is 25.7 Å². The molecule has 4 aromatic rings. The molecule has 0 saturated heterocycles. The van der Waals surface area contributed by atoms with Gasteiger partial charge in [-0.1, -0.05) is 68.4 Å². The molecule has 2 aromatic heterocycles. The Balaban J connectivity index is 1.61. The smallest absolute Gasteiger partial charge is 0.0747 e. The second kappa shape index (κ2) is 6.42. The zero-order chi connectivity index (χ0) is 19.1. The monoisotopic (exact) mass is 362 g/mol. The quantitative estimate of drug-likeness (QED) is 0.391. The predicted molar refractivity (Wildman–Crippen MR) is 114 cm³/mol. The Bertz CT molecular complexity index is 1150. The molecule has 2 nitrogen and oxygen atoms in total. The van der Waals surface area contributed by atoms with Gasteiger partial charge in [-0.3, -0.25) is 4.98 Å². The van der Waals surface area contributed by atoms with Crippen LogP contribution in [0.5, 0.6) is 0 Å². The normalized spacial score (nSPS) is 12.5. The van der Waals surface area contributed by atoms with Crippen molar-refractivity contribution in [1.29, 1.82) is 0 Å². The highest BCUT2D eigenvalue weighted by atomic mass is 14.7. The molecular formula is C26H22N2. The number of rotatable bonds is 3. The Labute approximate surface area is 165 Å². The van der Waals surface area contributed by atoms with Crippen molar-refractivity contribution in [3.05, 3.63) is 107 Å². The fourth-order valence-electron chi connectivity index (χ4n) is 4.06. The van der Waals surface area contributed by atoms with E-state index >= 15 is 0 Å². The van der Waals surface area contributed by atoms with E-state index in [0.717, 1.165) is 29.1 Å². The van der Waals surface area contributed by atoms with Gasteiger partial charge in [-0.2, -0.15) is 0 Å². The molecule has 2 aromatic carbocycles. The van der Waals surface area contributed by atoms with Gasteiger partial charge in [-0.15, -0.1) is 0 Å². The lowest BCUT2D eigenvalue weighted by atomic mass is 9.80. The molecule has 136 valence electrons. The van der Waals surface area contributed by atoms with Gasteiger partial charge in [0.2, 0.25) is 0 Å². The van der Waals surface area contributed by atoms with E-state index < -0.39 is 0 Å². The summed E-state index contributed by atoms with van der Waals surface area (Å²) in [4.78, 5) is 9.65. The molecule has 0 atom stereocenters. The van der Waals surface area contributed by atoms with E-state index in [1.807, 2.05) is 18.3 Å². The molecular weight excluding hydrogens is 340 g/mol. The number of hydrogen-bond donors (Lipinski definition) is 0. The van der Waals surface area contributed by atoms with E-state index in [1.165, 1.54) is 22.3 Å². The molecule has 0 amide bonds. The Morgan fingerprint density at radius 1 is 0.786 bits per heavy atom. The van der Waals surface area contributed by atoms with Crippen molar-refractivity contribution in [3.8, 4) is 22.5 Å². The summed E-state index contributed by atoms with van der Waals surface area (Å²) in [5.74, 6) is 0. The van der Waals surface area contributed by atoms with Gasteiger partial charge in [-0.25, -0.2) is 4.98 Å². The summed E-state index contributed by atoms with van der Waals surface area (Å²) in [5, 5.41) is 0. The summed E-state index contributed by atoms with van der Waals surface area (Å²) in [6.45, 7) is 4.47. The average molecular weight is 362 g/mol. The zero-order valence-corrected chi connectivity index (χ0v) is 16.2. The van der Waals surface area contributed by atoms with Crippen LogP contribution in [0, 0.1) is 0 Å². The molecule has 1 aliphatic carbocycles. The lowest BCUT2D eigenvalue weighted by Crippen LogP contribution is -2.20. The lowest BCUT2D eigenvalue weighted by Gasteiger charge is -2.25. The number of benzene rings is 2. The van der Waals surface area contributed by atoms with Crippen LogP contribution < -0.4 is 0 Å². The molecule has 28 heavy (non-hydrogen) atoms. The number of nitrogens with zero attached hydrogens (tertiary/aromatic N) is 2. The number of fused-ring (bicyclic) bond motifs is 3. The van der Waals surface area contributed by atoms with Crippen LogP contribution in [0.25, 0.3) is 22.5 Å². The summed E-state index contributed by atoms with van der Waals surface area (Å²) in [6.07, 6.45) is 2.82. The summed E-state index contributed by atoms with van der Waals surface area (Å²) >= 11 is 0. The van der Waals surface area contributed by atoms with Crippen LogP contribution in [0.4, 0.5) is 0 Å². The Hall–Kier alpha value is -3.26. The molecule has 0 unspecified atom stereocenters. The van der Waals surface area contributed by atoms with Crippen LogP contribution in [-0.2, 0) is 11.8 Å². The SMILES string of the molecule is CC(C)(c1ccc2c(c1)-c1nc(-c3ccccc3)ccc1C2)c1ccccn1. The maximum absolute atomic E-state index is 5.05. The minimum atomic E-state index is -0.157. The summed E-state index contributed by atoms with van der Waals surface area (Å²) in [6, 6.07) is 27.7. The Morgan fingerprint density at radius 2 is 1.57 bits per heavy atom. The van der Waals surface area contributed by atoms with Crippen LogP contribution >= 0.6 is 0 Å². The first-order valence-electron chi connectivity index (χ1n) is 9.73. The van der Waals surface area contributed by atoms with Crippen molar-refractivity contribution in [1.82, 2.24) is 9.97 Å². The summed E-state index contributed by atoms with van der Waals surface area (Å²) in [7, 11) is 0. The zero-order valence-electron chi connectivity index (χ0n) is 16.2. The highest BCUT2D eigenvalue weighted by Gasteiger charge is 2.28. The highest BCUT2D eigenvalue weighted by molar-refractivity contribution is 5.77. The molecule has 5 rings (SSSR count). The van der Waals surface area contributed by atoms with Gasteiger partial charge in [0.15, 0.2) is 0 Å². The first-order valence-corrected chi connectivity index (χ1v) is 9.73. The number of pyridine rings is 2. The molecule has 0 aliphatic heterocycles. The largest absolute Gasteiger partial charge is 0.260 e. The minimum Gasteiger partial charge on any atom is -0.260 e. The molecule has 1 aliphatic rings. The average Bonchev–Trinajstić information content (AvgIpc) is 3.12. The van der Waals surface area contributed by atoms with Gasteiger partial charge in [0.05, 0.1) is 17.1 Å². The molecule has 0 saturated carbocycles. The lowest BCUT2D eigenvalue weighted by molar-refractivity contribution is 0.617. The van der Waals surface area contributed by atoms with Crippen LogP contribution in [0.2, 0.25) is 0 Å². The Kier molecular flexibility index (Phi) is 3.87. The molecule has 0 radical (unpaired) electrons. The van der Waals surface area contributed by atoms with Gasteiger partial charge in [0.25, 0.3) is 0 Å². The van der Waals surface area contributed by atoms with Gasteiger partial charge in [0, 0.05) is 29.2 Å². The van der Waals surface area contributed by atoms with E-state index in [4.69, 9.17) is 4.98 Å². The van der Waals surface area contributed by atoms with Crippen molar-refractivity contribution in [2.75, 3.05) is 0 Å².